The molecule has 0 heterocycles. The fourth-order valence-corrected chi connectivity index (χ4v) is 3.36. The minimum atomic E-state index is -1.07. The number of hydrogen-bond donors (Lipinski definition) is 0. The first-order valence-corrected chi connectivity index (χ1v) is 8.18. The summed E-state index contributed by atoms with van der Waals surface area (Å²) in [6.45, 7) is 1.43. The van der Waals surface area contributed by atoms with E-state index in [1.807, 2.05) is 78.9 Å². The smallest absolute Gasteiger partial charge is 0.304 e. The van der Waals surface area contributed by atoms with Crippen LogP contribution < -0.4 is 0 Å². The van der Waals surface area contributed by atoms with Gasteiger partial charge >= 0.3 is 5.97 Å². The van der Waals surface area contributed by atoms with Crippen LogP contribution in [-0.4, -0.2) is 5.97 Å². The summed E-state index contributed by atoms with van der Waals surface area (Å²) in [6.07, 6.45) is 0. The van der Waals surface area contributed by atoms with Crippen molar-refractivity contribution in [2.24, 2.45) is 0 Å². The Morgan fingerprint density at radius 3 is 1.88 bits per heavy atom. The fourth-order valence-electron chi connectivity index (χ4n) is 3.36. The number of hydrogen-bond acceptors (Lipinski definition) is 2. The highest BCUT2D eigenvalue weighted by molar-refractivity contribution is 5.84. The molecule has 4 rings (SSSR count). The number of carbonyl (C=O) groups excluding carboxylic acids is 1. The van der Waals surface area contributed by atoms with E-state index in [2.05, 4.69) is 11.8 Å². The predicted molar refractivity (Wildman–Crippen MR) is 97.7 cm³/mol. The summed E-state index contributed by atoms with van der Waals surface area (Å²) in [5, 5.41) is 0. The van der Waals surface area contributed by atoms with E-state index in [1.54, 1.807) is 0 Å². The molecule has 0 radical (unpaired) electrons. The molecule has 2 heteroatoms. The van der Waals surface area contributed by atoms with Crippen molar-refractivity contribution in [1.82, 2.24) is 0 Å². The molecule has 1 aliphatic carbocycles. The van der Waals surface area contributed by atoms with Crippen LogP contribution in [0, 0.1) is 11.8 Å². The minimum Gasteiger partial charge on any atom is -0.437 e. The maximum absolute atomic E-state index is 11.9. The van der Waals surface area contributed by atoms with Crippen LogP contribution >= 0.6 is 0 Å². The van der Waals surface area contributed by atoms with Crippen LogP contribution in [0.2, 0.25) is 0 Å². The Bertz CT molecular complexity index is 961. The summed E-state index contributed by atoms with van der Waals surface area (Å²) in [7, 11) is 0. The summed E-state index contributed by atoms with van der Waals surface area (Å²) in [6, 6.07) is 25.7. The highest BCUT2D eigenvalue weighted by Crippen LogP contribution is 2.49. The topological polar surface area (TPSA) is 26.3 Å². The molecule has 0 amide bonds. The lowest BCUT2D eigenvalue weighted by Gasteiger charge is -2.25. The maximum atomic E-state index is 11.9. The molecule has 0 saturated carbocycles. The second kappa shape index (κ2) is 5.96. The van der Waals surface area contributed by atoms with E-state index in [0.717, 1.165) is 27.8 Å². The molecule has 0 N–H and O–H groups in total. The Hall–Kier alpha value is -3.31. The Labute approximate surface area is 147 Å². The number of benzene rings is 3. The lowest BCUT2D eigenvalue weighted by molar-refractivity contribution is -0.149. The van der Waals surface area contributed by atoms with Crippen LogP contribution in [0.25, 0.3) is 11.1 Å². The second-order valence-corrected chi connectivity index (χ2v) is 5.98. The van der Waals surface area contributed by atoms with Crippen LogP contribution in [0.1, 0.15) is 23.6 Å². The highest BCUT2D eigenvalue weighted by atomic mass is 16.6. The molecule has 25 heavy (non-hydrogen) atoms. The van der Waals surface area contributed by atoms with Crippen LogP contribution in [0.5, 0.6) is 0 Å². The second-order valence-electron chi connectivity index (χ2n) is 5.98. The molecule has 0 saturated heterocycles. The normalized spacial score (nSPS) is 13.2. The zero-order valence-corrected chi connectivity index (χ0v) is 13.8. The van der Waals surface area contributed by atoms with Crippen LogP contribution in [0.4, 0.5) is 0 Å². The third-order valence-corrected chi connectivity index (χ3v) is 4.36. The molecule has 2 nitrogen and oxygen atoms in total. The van der Waals surface area contributed by atoms with Crippen LogP contribution in [0.3, 0.4) is 0 Å². The number of ether oxygens (including phenoxy) is 1. The third kappa shape index (κ3) is 2.51. The maximum Gasteiger partial charge on any atom is 0.304 e. The van der Waals surface area contributed by atoms with Crippen molar-refractivity contribution in [3.8, 4) is 23.0 Å². The molecule has 120 valence electrons. The quantitative estimate of drug-likeness (QED) is 0.486. The fraction of sp³-hybridized carbons (Fsp3) is 0.0870. The van der Waals surface area contributed by atoms with Crippen LogP contribution in [0.15, 0.2) is 78.9 Å². The Morgan fingerprint density at radius 1 is 0.800 bits per heavy atom. The lowest BCUT2D eigenvalue weighted by atomic mass is 9.91. The van der Waals surface area contributed by atoms with Crippen molar-refractivity contribution in [1.29, 1.82) is 0 Å². The molecule has 0 aliphatic heterocycles. The Balaban J connectivity index is 1.99. The predicted octanol–water partition coefficient (Wildman–Crippen LogP) is 4.53. The third-order valence-electron chi connectivity index (χ3n) is 4.36. The molecular formula is C23H16O2. The van der Waals surface area contributed by atoms with E-state index >= 15 is 0 Å². The van der Waals surface area contributed by atoms with Gasteiger partial charge in [0.05, 0.1) is 0 Å². The van der Waals surface area contributed by atoms with Gasteiger partial charge in [0.15, 0.2) is 0 Å². The van der Waals surface area contributed by atoms with E-state index in [4.69, 9.17) is 4.74 Å². The minimum absolute atomic E-state index is 0.353. The van der Waals surface area contributed by atoms with Gasteiger partial charge < -0.3 is 4.74 Å². The average Bonchev–Trinajstić information content (AvgIpc) is 2.92. The lowest BCUT2D eigenvalue weighted by Crippen LogP contribution is -2.29. The molecular weight excluding hydrogens is 308 g/mol. The number of rotatable bonds is 1. The molecule has 1 aliphatic rings. The largest absolute Gasteiger partial charge is 0.437 e. The average molecular weight is 324 g/mol. The van der Waals surface area contributed by atoms with Gasteiger partial charge in [-0.1, -0.05) is 72.7 Å². The summed E-state index contributed by atoms with van der Waals surface area (Å²) in [4.78, 5) is 11.9. The summed E-state index contributed by atoms with van der Waals surface area (Å²) < 4.78 is 5.86. The van der Waals surface area contributed by atoms with Gasteiger partial charge in [-0.2, -0.15) is 0 Å². The Morgan fingerprint density at radius 2 is 1.32 bits per heavy atom. The number of esters is 1. The van der Waals surface area contributed by atoms with Crippen molar-refractivity contribution in [3.63, 3.8) is 0 Å². The highest BCUT2D eigenvalue weighted by Gasteiger charge is 2.45. The molecule has 0 spiro atoms. The van der Waals surface area contributed by atoms with Crippen molar-refractivity contribution in [3.05, 3.63) is 95.6 Å². The van der Waals surface area contributed by atoms with E-state index in [1.165, 1.54) is 6.92 Å². The Kier molecular flexibility index (Phi) is 3.63. The van der Waals surface area contributed by atoms with Gasteiger partial charge in [-0.3, -0.25) is 4.79 Å². The van der Waals surface area contributed by atoms with Gasteiger partial charge in [0, 0.05) is 23.6 Å². The molecule has 0 aromatic heterocycles. The first-order valence-electron chi connectivity index (χ1n) is 8.18. The van der Waals surface area contributed by atoms with E-state index in [9.17, 15) is 4.79 Å². The standard InChI is InChI=1S/C23H16O2/c1-17(24)25-23(16-15-18-9-3-2-4-10-18)21-13-7-5-11-19(21)20-12-6-8-14-22(20)23/h2-14H,1H3. The van der Waals surface area contributed by atoms with E-state index < -0.39 is 5.60 Å². The van der Waals surface area contributed by atoms with Gasteiger partial charge in [-0.25, -0.2) is 0 Å². The van der Waals surface area contributed by atoms with Gasteiger partial charge in [0.2, 0.25) is 5.60 Å². The van der Waals surface area contributed by atoms with Gasteiger partial charge in [-0.15, -0.1) is 0 Å². The summed E-state index contributed by atoms with van der Waals surface area (Å²) >= 11 is 0. The molecule has 3 aromatic rings. The van der Waals surface area contributed by atoms with Gasteiger partial charge in [-0.05, 0) is 29.2 Å². The van der Waals surface area contributed by atoms with Crippen molar-refractivity contribution in [2.75, 3.05) is 0 Å². The first-order chi connectivity index (χ1) is 12.2. The van der Waals surface area contributed by atoms with Gasteiger partial charge in [0.25, 0.3) is 0 Å². The zero-order chi connectivity index (χ0) is 17.3. The van der Waals surface area contributed by atoms with Crippen LogP contribution in [-0.2, 0) is 15.1 Å². The first kappa shape index (κ1) is 15.2. The summed E-state index contributed by atoms with van der Waals surface area (Å²) in [5.74, 6) is 6.10. The van der Waals surface area contributed by atoms with Crippen molar-refractivity contribution < 1.29 is 9.53 Å². The molecule has 0 bridgehead atoms. The molecule has 0 atom stereocenters. The van der Waals surface area contributed by atoms with Gasteiger partial charge in [0.1, 0.15) is 0 Å². The molecule has 0 fully saturated rings. The molecule has 0 unspecified atom stereocenters. The van der Waals surface area contributed by atoms with Crippen molar-refractivity contribution >= 4 is 5.97 Å². The monoisotopic (exact) mass is 324 g/mol. The van der Waals surface area contributed by atoms with E-state index in [-0.39, 0.29) is 5.97 Å². The van der Waals surface area contributed by atoms with E-state index in [0.29, 0.717) is 0 Å². The van der Waals surface area contributed by atoms with Crippen molar-refractivity contribution in [2.45, 2.75) is 12.5 Å². The molecule has 3 aromatic carbocycles. The zero-order valence-electron chi connectivity index (χ0n) is 13.8. The number of carbonyl (C=O) groups is 1. The number of fused-ring (bicyclic) bond motifs is 3. The SMILES string of the molecule is CC(=O)OC1(C#Cc2ccccc2)c2ccccc2-c2ccccc21. The summed E-state index contributed by atoms with van der Waals surface area (Å²) in [5.41, 5.74) is 3.75.